The number of hydrogen-bond acceptors (Lipinski definition) is 5. The monoisotopic (exact) mass is 791 g/mol. The summed E-state index contributed by atoms with van der Waals surface area (Å²) in [5, 5.41) is 11.5. The minimum Gasteiger partial charge on any atom is -0.455 e. The predicted octanol–water partition coefficient (Wildman–Crippen LogP) is 14.4. The van der Waals surface area contributed by atoms with Crippen LogP contribution in [-0.4, -0.2) is 24.5 Å². The molecule has 0 saturated carbocycles. The molecule has 9 aromatic carbocycles. The summed E-state index contributed by atoms with van der Waals surface area (Å²) in [6.07, 6.45) is 3.64. The van der Waals surface area contributed by atoms with Crippen molar-refractivity contribution >= 4 is 76.1 Å². The van der Waals surface area contributed by atoms with Gasteiger partial charge in [0.25, 0.3) is 0 Å². The molecular weight excluding hydrogens is 759 g/mol. The molecule has 288 valence electrons. The Balaban J connectivity index is 0.972. The Labute approximate surface area is 355 Å². The van der Waals surface area contributed by atoms with Gasteiger partial charge in [0.15, 0.2) is 17.5 Å². The van der Waals surface area contributed by atoms with Crippen LogP contribution < -0.4 is 0 Å². The molecule has 0 N–H and O–H groups in total. The Bertz CT molecular complexity index is 3960. The summed E-state index contributed by atoms with van der Waals surface area (Å²) in [4.78, 5) is 20.2. The van der Waals surface area contributed by atoms with Crippen LogP contribution in [0, 0.1) is 0 Å². The average Bonchev–Trinajstić information content (AvgIpc) is 3.88. The van der Waals surface area contributed by atoms with E-state index in [4.69, 9.17) is 19.4 Å². The minimum atomic E-state index is 0.493. The number of hydrogen-bond donors (Lipinski definition) is 0. The first-order chi connectivity index (χ1) is 30.7. The maximum Gasteiger partial charge on any atom is 0.169 e. The zero-order valence-corrected chi connectivity index (χ0v) is 33.2. The second-order valence-electron chi connectivity index (χ2n) is 15.9. The Morgan fingerprint density at radius 2 is 1.00 bits per heavy atom. The molecule has 13 rings (SSSR count). The molecule has 0 unspecified atom stereocenters. The summed E-state index contributed by atoms with van der Waals surface area (Å²) >= 11 is 0. The van der Waals surface area contributed by atoms with Gasteiger partial charge in [0, 0.05) is 50.8 Å². The number of furan rings is 1. The number of nitrogens with zero attached hydrogens (tertiary/aromatic N) is 5. The zero-order valence-electron chi connectivity index (χ0n) is 33.2. The number of aromatic nitrogens is 5. The van der Waals surface area contributed by atoms with Crippen molar-refractivity contribution < 1.29 is 4.42 Å². The van der Waals surface area contributed by atoms with E-state index in [0.717, 1.165) is 49.7 Å². The fourth-order valence-electron chi connectivity index (χ4n) is 9.30. The van der Waals surface area contributed by atoms with E-state index in [1.165, 1.54) is 48.7 Å². The second-order valence-corrected chi connectivity index (χ2v) is 15.9. The van der Waals surface area contributed by atoms with E-state index in [0.29, 0.717) is 28.6 Å². The Kier molecular flexibility index (Phi) is 7.50. The van der Waals surface area contributed by atoms with Gasteiger partial charge in [-0.25, -0.2) is 15.0 Å². The van der Waals surface area contributed by atoms with Crippen molar-refractivity contribution in [3.63, 3.8) is 0 Å². The van der Waals surface area contributed by atoms with Crippen LogP contribution in [0.5, 0.6) is 0 Å². The van der Waals surface area contributed by atoms with Gasteiger partial charge in [-0.15, -0.1) is 0 Å². The van der Waals surface area contributed by atoms with Crippen LogP contribution in [-0.2, 0) is 0 Å². The summed E-state index contributed by atoms with van der Waals surface area (Å²) < 4.78 is 8.86. The molecule has 13 aromatic rings. The first-order valence-corrected chi connectivity index (χ1v) is 20.8. The van der Waals surface area contributed by atoms with Crippen LogP contribution in [0.3, 0.4) is 0 Å². The highest BCUT2D eigenvalue weighted by Crippen LogP contribution is 2.38. The lowest BCUT2D eigenvalue weighted by Crippen LogP contribution is -2.01. The molecule has 6 heteroatoms. The first-order valence-electron chi connectivity index (χ1n) is 20.8. The van der Waals surface area contributed by atoms with E-state index in [1.54, 1.807) is 6.20 Å². The Morgan fingerprint density at radius 1 is 0.355 bits per heavy atom. The SMILES string of the molecule is c1cc(-c2cccc(-n3c4ccccc4c4cc5ccccc5cc43)c2)cc(-c2nc(-c3ccc4c(ccc5ccccc54)c3)nc(-c3cncc4c3oc3ccccc34)n2)c1. The van der Waals surface area contributed by atoms with Gasteiger partial charge in [-0.05, 0) is 92.0 Å². The molecule has 0 bridgehead atoms. The maximum atomic E-state index is 6.48. The molecule has 0 radical (unpaired) electrons. The van der Waals surface area contributed by atoms with Gasteiger partial charge in [0.2, 0.25) is 0 Å². The molecule has 4 heterocycles. The van der Waals surface area contributed by atoms with Gasteiger partial charge < -0.3 is 8.98 Å². The van der Waals surface area contributed by atoms with Crippen LogP contribution in [0.1, 0.15) is 0 Å². The molecular formula is C56H33N5O. The minimum absolute atomic E-state index is 0.493. The third-order valence-corrected chi connectivity index (χ3v) is 12.3. The number of para-hydroxylation sites is 2. The van der Waals surface area contributed by atoms with Gasteiger partial charge in [0.1, 0.15) is 11.2 Å². The summed E-state index contributed by atoms with van der Waals surface area (Å²) in [5.41, 5.74) is 9.54. The van der Waals surface area contributed by atoms with E-state index >= 15 is 0 Å². The van der Waals surface area contributed by atoms with Crippen LogP contribution in [0.2, 0.25) is 0 Å². The molecule has 0 amide bonds. The van der Waals surface area contributed by atoms with Crippen LogP contribution in [0.25, 0.3) is 127 Å². The van der Waals surface area contributed by atoms with Gasteiger partial charge in [-0.1, -0.05) is 140 Å². The van der Waals surface area contributed by atoms with Crippen molar-refractivity contribution in [3.8, 4) is 51.0 Å². The fraction of sp³-hybridized carbons (Fsp3) is 0. The van der Waals surface area contributed by atoms with Crippen molar-refractivity contribution in [2.45, 2.75) is 0 Å². The standard InChI is InChI=1S/C56H33N5O/c1-2-13-38-31-51-47(30-37(38)12-1)45-19-5-7-21-50(45)61(51)42-17-10-15-36(29-42)35-14-9-16-40(27-35)54-58-55(41-25-26-44-39(28-41)24-23-34-11-3-4-18-43(34)44)60-56(59-54)49-33-57-32-48-46-20-6-8-22-52(46)62-53(48)49/h1-33H. The highest BCUT2D eigenvalue weighted by atomic mass is 16.3. The Hall–Kier alpha value is -8.48. The van der Waals surface area contributed by atoms with E-state index < -0.39 is 0 Å². The first kappa shape index (κ1) is 34.4. The van der Waals surface area contributed by atoms with Crippen LogP contribution in [0.4, 0.5) is 0 Å². The van der Waals surface area contributed by atoms with E-state index in [2.05, 4.69) is 179 Å². The normalized spacial score (nSPS) is 11.9. The van der Waals surface area contributed by atoms with E-state index in [-0.39, 0.29) is 0 Å². The highest BCUT2D eigenvalue weighted by Gasteiger charge is 2.20. The maximum absolute atomic E-state index is 6.48. The molecule has 0 atom stereocenters. The van der Waals surface area contributed by atoms with E-state index in [1.807, 2.05) is 24.4 Å². The van der Waals surface area contributed by atoms with Gasteiger partial charge >= 0.3 is 0 Å². The smallest absolute Gasteiger partial charge is 0.169 e. The Morgan fingerprint density at radius 3 is 1.87 bits per heavy atom. The summed E-state index contributed by atoms with van der Waals surface area (Å²) in [7, 11) is 0. The van der Waals surface area contributed by atoms with E-state index in [9.17, 15) is 0 Å². The molecule has 62 heavy (non-hydrogen) atoms. The predicted molar refractivity (Wildman–Crippen MR) is 254 cm³/mol. The molecule has 0 aliphatic heterocycles. The van der Waals surface area contributed by atoms with Crippen molar-refractivity contribution in [3.05, 3.63) is 200 Å². The number of fused-ring (bicyclic) bond motifs is 10. The molecule has 0 aliphatic rings. The number of benzene rings is 9. The topological polar surface area (TPSA) is 69.6 Å². The third kappa shape index (κ3) is 5.44. The van der Waals surface area contributed by atoms with Crippen LogP contribution >= 0.6 is 0 Å². The lowest BCUT2D eigenvalue weighted by atomic mass is 10.00. The molecule has 0 saturated heterocycles. The lowest BCUT2D eigenvalue weighted by Gasteiger charge is -2.12. The van der Waals surface area contributed by atoms with Crippen LogP contribution in [0.15, 0.2) is 205 Å². The average molecular weight is 792 g/mol. The van der Waals surface area contributed by atoms with Gasteiger partial charge in [-0.3, -0.25) is 4.98 Å². The van der Waals surface area contributed by atoms with Crippen molar-refractivity contribution in [1.82, 2.24) is 24.5 Å². The van der Waals surface area contributed by atoms with Crippen molar-refractivity contribution in [1.29, 1.82) is 0 Å². The number of rotatable bonds is 5. The van der Waals surface area contributed by atoms with Gasteiger partial charge in [-0.2, -0.15) is 0 Å². The molecule has 0 aliphatic carbocycles. The van der Waals surface area contributed by atoms with Crippen molar-refractivity contribution in [2.75, 3.05) is 0 Å². The summed E-state index contributed by atoms with van der Waals surface area (Å²) in [6, 6.07) is 66.4. The summed E-state index contributed by atoms with van der Waals surface area (Å²) in [5.74, 6) is 1.62. The lowest BCUT2D eigenvalue weighted by molar-refractivity contribution is 0.669. The van der Waals surface area contributed by atoms with Crippen molar-refractivity contribution in [2.24, 2.45) is 0 Å². The van der Waals surface area contributed by atoms with Gasteiger partial charge in [0.05, 0.1) is 16.6 Å². The molecule has 0 fully saturated rings. The largest absolute Gasteiger partial charge is 0.455 e. The highest BCUT2D eigenvalue weighted by molar-refractivity contribution is 6.14. The second kappa shape index (κ2) is 13.5. The summed E-state index contributed by atoms with van der Waals surface area (Å²) in [6.45, 7) is 0. The molecule has 6 nitrogen and oxygen atoms in total. The molecule has 0 spiro atoms. The third-order valence-electron chi connectivity index (χ3n) is 12.3. The fourth-order valence-corrected chi connectivity index (χ4v) is 9.30. The quantitative estimate of drug-likeness (QED) is 0.162. The molecule has 4 aromatic heterocycles. The zero-order chi connectivity index (χ0) is 40.7. The number of pyridine rings is 1.